The van der Waals surface area contributed by atoms with E-state index in [9.17, 15) is 9.59 Å². The second kappa shape index (κ2) is 7.74. The number of amides is 1. The fourth-order valence-electron chi connectivity index (χ4n) is 3.85. The topological polar surface area (TPSA) is 66.1 Å². The zero-order chi connectivity index (χ0) is 18.6. The van der Waals surface area contributed by atoms with Gasteiger partial charge >= 0.3 is 0 Å². The van der Waals surface area contributed by atoms with E-state index < -0.39 is 5.56 Å². The number of carbonyl (C=O) groups is 1. The molecule has 1 aliphatic rings. The Morgan fingerprint density at radius 3 is 2.70 bits per heavy atom. The third-order valence-electron chi connectivity index (χ3n) is 5.23. The predicted octanol–water partition coefficient (Wildman–Crippen LogP) is 3.41. The Kier molecular flexibility index (Phi) is 5.01. The average Bonchev–Trinajstić information content (AvgIpc) is 2.93. The Morgan fingerprint density at radius 2 is 1.85 bits per heavy atom. The molecule has 5 heteroatoms. The van der Waals surface area contributed by atoms with Gasteiger partial charge < -0.3 is 9.88 Å². The van der Waals surface area contributed by atoms with Crippen LogP contribution in [0.15, 0.2) is 59.4 Å². The van der Waals surface area contributed by atoms with E-state index in [1.807, 2.05) is 41.3 Å². The van der Waals surface area contributed by atoms with E-state index in [0.29, 0.717) is 30.0 Å². The molecule has 2 aromatic carbocycles. The first-order valence-electron chi connectivity index (χ1n) is 9.53. The highest BCUT2D eigenvalue weighted by molar-refractivity contribution is 5.93. The minimum Gasteiger partial charge on any atom is -0.337 e. The lowest BCUT2D eigenvalue weighted by atomic mass is 9.95. The van der Waals surface area contributed by atoms with Crippen LogP contribution in [0.2, 0.25) is 0 Å². The third-order valence-corrected chi connectivity index (χ3v) is 5.23. The molecule has 1 saturated heterocycles. The van der Waals surface area contributed by atoms with Crippen LogP contribution in [0.1, 0.15) is 35.3 Å². The number of likely N-dealkylation sites (tertiary alicyclic amines) is 1. The number of carbonyl (C=O) groups excluding carboxylic acids is 1. The number of benzene rings is 2. The van der Waals surface area contributed by atoms with Crippen molar-refractivity contribution in [3.63, 3.8) is 0 Å². The minimum absolute atomic E-state index is 0.00550. The summed E-state index contributed by atoms with van der Waals surface area (Å²) in [6.45, 7) is 1.35. The van der Waals surface area contributed by atoms with E-state index >= 15 is 0 Å². The zero-order valence-corrected chi connectivity index (χ0v) is 15.2. The van der Waals surface area contributed by atoms with Crippen molar-refractivity contribution in [1.29, 1.82) is 0 Å². The van der Waals surface area contributed by atoms with Crippen molar-refractivity contribution in [3.05, 3.63) is 76.2 Å². The summed E-state index contributed by atoms with van der Waals surface area (Å²) in [5, 5.41) is 0. The number of H-pyrrole nitrogens is 1. The molecule has 0 saturated carbocycles. The lowest BCUT2D eigenvalue weighted by Crippen LogP contribution is -2.38. The van der Waals surface area contributed by atoms with E-state index in [1.54, 1.807) is 6.07 Å². The molecule has 0 spiro atoms. The molecule has 2 heterocycles. The number of nitrogens with one attached hydrogen (secondary N) is 1. The molecule has 3 aromatic rings. The summed E-state index contributed by atoms with van der Waals surface area (Å²) in [4.78, 5) is 34.4. The molecular weight excluding hydrogens is 338 g/mol. The van der Waals surface area contributed by atoms with Crippen LogP contribution in [0.25, 0.3) is 11.0 Å². The van der Waals surface area contributed by atoms with Crippen molar-refractivity contribution in [1.82, 2.24) is 14.9 Å². The van der Waals surface area contributed by atoms with Crippen molar-refractivity contribution in [2.45, 2.75) is 25.7 Å². The number of nitrogens with zero attached hydrogens (tertiary/aromatic N) is 2. The molecule has 1 fully saturated rings. The van der Waals surface area contributed by atoms with Crippen LogP contribution in [-0.2, 0) is 6.42 Å². The molecule has 1 unspecified atom stereocenters. The monoisotopic (exact) mass is 361 g/mol. The number of hydrogen-bond donors (Lipinski definition) is 1. The normalized spacial score (nSPS) is 17.6. The molecule has 0 bridgehead atoms. The minimum atomic E-state index is -0.414. The maximum absolute atomic E-state index is 13.1. The molecule has 1 N–H and O–H groups in total. The zero-order valence-electron chi connectivity index (χ0n) is 15.2. The summed E-state index contributed by atoms with van der Waals surface area (Å²) >= 11 is 0. The van der Waals surface area contributed by atoms with Crippen LogP contribution in [0.4, 0.5) is 0 Å². The summed E-state index contributed by atoms with van der Waals surface area (Å²) in [5.41, 5.74) is 2.16. The van der Waals surface area contributed by atoms with Crippen LogP contribution in [-0.4, -0.2) is 33.9 Å². The maximum atomic E-state index is 13.1. The number of aromatic nitrogens is 2. The lowest BCUT2D eigenvalue weighted by molar-refractivity contribution is 0.0733. The molecular formula is C22H23N3O2. The van der Waals surface area contributed by atoms with Crippen molar-refractivity contribution >= 4 is 16.9 Å². The van der Waals surface area contributed by atoms with E-state index in [4.69, 9.17) is 0 Å². The van der Waals surface area contributed by atoms with Gasteiger partial charge in [0.15, 0.2) is 5.69 Å². The number of hydrogen-bond acceptors (Lipinski definition) is 3. The van der Waals surface area contributed by atoms with Crippen molar-refractivity contribution in [2.75, 3.05) is 13.1 Å². The van der Waals surface area contributed by atoms with Gasteiger partial charge in [-0.1, -0.05) is 48.9 Å². The van der Waals surface area contributed by atoms with Crippen LogP contribution in [0.5, 0.6) is 0 Å². The van der Waals surface area contributed by atoms with Crippen LogP contribution >= 0.6 is 0 Å². The molecule has 0 aliphatic carbocycles. The quantitative estimate of drug-likeness (QED) is 0.777. The van der Waals surface area contributed by atoms with Gasteiger partial charge in [-0.25, -0.2) is 4.98 Å². The smallest absolute Gasteiger partial charge is 0.280 e. The molecule has 5 nitrogen and oxygen atoms in total. The second-order valence-corrected chi connectivity index (χ2v) is 7.23. The summed E-state index contributed by atoms with van der Waals surface area (Å²) in [5.74, 6) is 0.139. The molecule has 1 aromatic heterocycles. The largest absolute Gasteiger partial charge is 0.337 e. The Bertz CT molecular complexity index is 997. The van der Waals surface area contributed by atoms with Gasteiger partial charge in [-0.05, 0) is 42.9 Å². The van der Waals surface area contributed by atoms with Gasteiger partial charge in [0.05, 0.1) is 11.0 Å². The average molecular weight is 361 g/mol. The van der Waals surface area contributed by atoms with Gasteiger partial charge in [-0.3, -0.25) is 9.59 Å². The van der Waals surface area contributed by atoms with Crippen LogP contribution < -0.4 is 5.56 Å². The summed E-state index contributed by atoms with van der Waals surface area (Å²) < 4.78 is 0. The molecule has 4 rings (SSSR count). The fourth-order valence-corrected chi connectivity index (χ4v) is 3.85. The van der Waals surface area contributed by atoms with Gasteiger partial charge in [0.2, 0.25) is 0 Å². The third kappa shape index (κ3) is 3.92. The van der Waals surface area contributed by atoms with Gasteiger partial charge in [-0.2, -0.15) is 0 Å². The Labute approximate surface area is 158 Å². The Balaban J connectivity index is 1.57. The first kappa shape index (κ1) is 17.5. The van der Waals surface area contributed by atoms with Crippen LogP contribution in [0, 0.1) is 5.92 Å². The molecule has 138 valence electrons. The van der Waals surface area contributed by atoms with Gasteiger partial charge in [-0.15, -0.1) is 0 Å². The van der Waals surface area contributed by atoms with Gasteiger partial charge in [0.25, 0.3) is 11.5 Å². The molecule has 1 amide bonds. The highest BCUT2D eigenvalue weighted by Gasteiger charge is 2.26. The van der Waals surface area contributed by atoms with Crippen LogP contribution in [0.3, 0.4) is 0 Å². The van der Waals surface area contributed by atoms with Crippen molar-refractivity contribution in [3.8, 4) is 0 Å². The van der Waals surface area contributed by atoms with Gasteiger partial charge in [0, 0.05) is 13.1 Å². The first-order valence-corrected chi connectivity index (χ1v) is 9.53. The van der Waals surface area contributed by atoms with Crippen molar-refractivity contribution in [2.24, 2.45) is 5.92 Å². The van der Waals surface area contributed by atoms with E-state index in [0.717, 1.165) is 25.7 Å². The molecule has 27 heavy (non-hydrogen) atoms. The number of rotatable bonds is 3. The lowest BCUT2D eigenvalue weighted by Gasteiger charge is -2.24. The first-order chi connectivity index (χ1) is 13.2. The van der Waals surface area contributed by atoms with E-state index in [1.165, 1.54) is 5.56 Å². The SMILES string of the molecule is O=C(c1nc2ccccc2[nH]c1=O)N1CCCCC(Cc2ccccc2)C1. The fraction of sp³-hybridized carbons (Fsp3) is 0.318. The number of aromatic amines is 1. The highest BCUT2D eigenvalue weighted by atomic mass is 16.2. The van der Waals surface area contributed by atoms with Crippen molar-refractivity contribution < 1.29 is 4.79 Å². The molecule has 1 aliphatic heterocycles. The van der Waals surface area contributed by atoms with E-state index in [-0.39, 0.29) is 11.6 Å². The standard InChI is InChI=1S/C22H23N3O2/c26-21-20(23-18-11-4-5-12-19(18)24-21)22(27)25-13-7-6-10-17(15-25)14-16-8-2-1-3-9-16/h1-5,8-9,11-12,17H,6-7,10,13-15H2,(H,24,26). The summed E-state index contributed by atoms with van der Waals surface area (Å²) in [6, 6.07) is 17.7. The van der Waals surface area contributed by atoms with Gasteiger partial charge in [0.1, 0.15) is 0 Å². The summed E-state index contributed by atoms with van der Waals surface area (Å²) in [7, 11) is 0. The second-order valence-electron chi connectivity index (χ2n) is 7.23. The highest BCUT2D eigenvalue weighted by Crippen LogP contribution is 2.21. The van der Waals surface area contributed by atoms with E-state index in [2.05, 4.69) is 22.1 Å². The summed E-state index contributed by atoms with van der Waals surface area (Å²) in [6.07, 6.45) is 4.11. The molecule has 0 radical (unpaired) electrons. The number of para-hydroxylation sites is 2. The Hall–Kier alpha value is -2.95. The predicted molar refractivity (Wildman–Crippen MR) is 106 cm³/mol. The Morgan fingerprint density at radius 1 is 1.07 bits per heavy atom. The number of fused-ring (bicyclic) bond motifs is 1. The molecule has 1 atom stereocenters. The maximum Gasteiger partial charge on any atom is 0.280 e.